The number of carboxylic acids is 1. The van der Waals surface area contributed by atoms with Crippen molar-refractivity contribution >= 4 is 29.5 Å². The number of para-hydroxylation sites is 1. The van der Waals surface area contributed by atoms with Crippen LogP contribution >= 0.6 is 11.8 Å². The largest absolute Gasteiger partial charge is 0.504 e. The van der Waals surface area contributed by atoms with E-state index < -0.39 is 24.3 Å². The number of carboxylic acid groups (broad SMARTS) is 1. The molecule has 0 radical (unpaired) electrons. The van der Waals surface area contributed by atoms with Crippen LogP contribution in [0.5, 0.6) is 17.2 Å². The third kappa shape index (κ3) is 7.44. The maximum Gasteiger partial charge on any atom is 0.412 e. The van der Waals surface area contributed by atoms with Crippen LogP contribution in [-0.2, 0) is 9.53 Å². The van der Waals surface area contributed by atoms with E-state index >= 15 is 0 Å². The number of hydrogen-bond donors (Lipinski definition) is 3. The molecule has 2 atom stereocenters. The van der Waals surface area contributed by atoms with Crippen molar-refractivity contribution < 1.29 is 34.0 Å². The zero-order chi connectivity index (χ0) is 25.2. The van der Waals surface area contributed by atoms with Gasteiger partial charge in [-0.1, -0.05) is 24.3 Å². The Hall–Kier alpha value is -4.11. The molecular formula is C26H25NO7S. The molecule has 0 spiro atoms. The van der Waals surface area contributed by atoms with E-state index in [4.69, 9.17) is 14.2 Å². The lowest BCUT2D eigenvalue weighted by molar-refractivity contribution is -0.131. The zero-order valence-electron chi connectivity index (χ0n) is 19.1. The number of aliphatic carboxylic acids is 1. The molecule has 0 fully saturated rings. The fraction of sp³-hybridized carbons (Fsp3) is 0.154. The van der Waals surface area contributed by atoms with E-state index in [1.807, 2.05) is 18.4 Å². The van der Waals surface area contributed by atoms with Crippen molar-refractivity contribution in [2.75, 3.05) is 18.7 Å². The second-order valence-electron chi connectivity index (χ2n) is 7.20. The predicted octanol–water partition coefficient (Wildman–Crippen LogP) is 5.50. The quantitative estimate of drug-likeness (QED) is 0.250. The third-order valence-corrected chi connectivity index (χ3v) is 5.59. The maximum atomic E-state index is 12.8. The van der Waals surface area contributed by atoms with Gasteiger partial charge in [-0.05, 0) is 60.9 Å². The molecule has 0 saturated heterocycles. The molecule has 3 aromatic carbocycles. The standard InChI is InChI=1S/C26H25NO7S/c1-32-22-13-8-17(16-21(22)28)25(34-26(31)27-18-9-11-20(35-2)12-10-18)23(14-15-24(29)30)33-19-6-4-3-5-7-19/h3-16,23,25,28H,1-2H3,(H,27,31)(H,29,30)/b15-14+/t23-,25-/m0/s1. The second-order valence-corrected chi connectivity index (χ2v) is 8.08. The first-order chi connectivity index (χ1) is 16.9. The lowest BCUT2D eigenvalue weighted by Crippen LogP contribution is -2.29. The third-order valence-electron chi connectivity index (χ3n) is 4.84. The minimum absolute atomic E-state index is 0.174. The Morgan fingerprint density at radius 1 is 1.03 bits per heavy atom. The Morgan fingerprint density at radius 3 is 2.34 bits per heavy atom. The summed E-state index contributed by atoms with van der Waals surface area (Å²) in [6, 6.07) is 20.4. The molecule has 0 heterocycles. The number of phenols is 1. The number of aromatic hydroxyl groups is 1. The highest BCUT2D eigenvalue weighted by molar-refractivity contribution is 7.98. The van der Waals surface area contributed by atoms with Crippen LogP contribution in [0.1, 0.15) is 11.7 Å². The fourth-order valence-electron chi connectivity index (χ4n) is 3.18. The van der Waals surface area contributed by atoms with E-state index in [0.717, 1.165) is 11.0 Å². The summed E-state index contributed by atoms with van der Waals surface area (Å²) in [5, 5.41) is 22.2. The summed E-state index contributed by atoms with van der Waals surface area (Å²) in [7, 11) is 1.41. The van der Waals surface area contributed by atoms with Crippen molar-refractivity contribution in [3.8, 4) is 17.2 Å². The number of anilines is 1. The molecule has 0 unspecified atom stereocenters. The molecule has 3 rings (SSSR count). The number of thioether (sulfide) groups is 1. The Labute approximate surface area is 207 Å². The molecule has 0 aromatic heterocycles. The number of methoxy groups -OCH3 is 1. The van der Waals surface area contributed by atoms with Gasteiger partial charge in [0.25, 0.3) is 0 Å². The summed E-state index contributed by atoms with van der Waals surface area (Å²) in [5.41, 5.74) is 0.887. The topological polar surface area (TPSA) is 114 Å². The van der Waals surface area contributed by atoms with Gasteiger partial charge < -0.3 is 24.4 Å². The molecule has 182 valence electrons. The molecule has 9 heteroatoms. The van der Waals surface area contributed by atoms with Gasteiger partial charge in [0.1, 0.15) is 5.75 Å². The molecule has 3 aromatic rings. The van der Waals surface area contributed by atoms with Gasteiger partial charge in [0.2, 0.25) is 0 Å². The molecule has 0 aliphatic rings. The molecule has 35 heavy (non-hydrogen) atoms. The number of carbonyl (C=O) groups is 2. The Bertz CT molecular complexity index is 1170. The highest BCUT2D eigenvalue weighted by atomic mass is 32.2. The minimum Gasteiger partial charge on any atom is -0.504 e. The highest BCUT2D eigenvalue weighted by Gasteiger charge is 2.29. The normalized spacial score (nSPS) is 12.5. The van der Waals surface area contributed by atoms with Crippen LogP contribution in [0.3, 0.4) is 0 Å². The molecule has 0 aliphatic heterocycles. The summed E-state index contributed by atoms with van der Waals surface area (Å²) in [4.78, 5) is 25.1. The van der Waals surface area contributed by atoms with Crippen molar-refractivity contribution in [3.05, 3.63) is 90.5 Å². The molecular weight excluding hydrogens is 470 g/mol. The smallest absolute Gasteiger partial charge is 0.412 e. The van der Waals surface area contributed by atoms with Crippen molar-refractivity contribution in [1.82, 2.24) is 0 Å². The van der Waals surface area contributed by atoms with Gasteiger partial charge in [0.05, 0.1) is 7.11 Å². The van der Waals surface area contributed by atoms with Gasteiger partial charge in [-0.2, -0.15) is 0 Å². The molecule has 0 bridgehead atoms. The number of carbonyl (C=O) groups excluding carboxylic acids is 1. The Balaban J connectivity index is 1.94. The van der Waals surface area contributed by atoms with Crippen molar-refractivity contribution in [1.29, 1.82) is 0 Å². The highest BCUT2D eigenvalue weighted by Crippen LogP contribution is 2.33. The summed E-state index contributed by atoms with van der Waals surface area (Å²) < 4.78 is 16.8. The second kappa shape index (κ2) is 12.4. The Morgan fingerprint density at radius 2 is 1.74 bits per heavy atom. The number of amides is 1. The van der Waals surface area contributed by atoms with Gasteiger partial charge >= 0.3 is 12.1 Å². The lowest BCUT2D eigenvalue weighted by atomic mass is 10.0. The van der Waals surface area contributed by atoms with E-state index in [-0.39, 0.29) is 11.5 Å². The number of benzene rings is 3. The Kier molecular flexibility index (Phi) is 9.02. The minimum atomic E-state index is -1.19. The average Bonchev–Trinajstić information content (AvgIpc) is 2.86. The van der Waals surface area contributed by atoms with Crippen molar-refractivity contribution in [2.24, 2.45) is 0 Å². The van der Waals surface area contributed by atoms with Gasteiger partial charge in [-0.15, -0.1) is 11.8 Å². The molecule has 8 nitrogen and oxygen atoms in total. The lowest BCUT2D eigenvalue weighted by Gasteiger charge is -2.26. The number of hydrogen-bond acceptors (Lipinski definition) is 7. The molecule has 3 N–H and O–H groups in total. The zero-order valence-corrected chi connectivity index (χ0v) is 19.9. The maximum absolute atomic E-state index is 12.8. The van der Waals surface area contributed by atoms with E-state index in [9.17, 15) is 19.8 Å². The first kappa shape index (κ1) is 25.5. The van der Waals surface area contributed by atoms with Crippen LogP contribution in [0, 0.1) is 0 Å². The number of phenolic OH excluding ortho intramolecular Hbond substituents is 1. The van der Waals surface area contributed by atoms with Gasteiger partial charge in [-0.3, -0.25) is 5.32 Å². The first-order valence-electron chi connectivity index (χ1n) is 10.5. The average molecular weight is 496 g/mol. The van der Waals surface area contributed by atoms with Crippen LogP contribution in [0.15, 0.2) is 89.8 Å². The van der Waals surface area contributed by atoms with Crippen molar-refractivity contribution in [2.45, 2.75) is 17.1 Å². The SMILES string of the molecule is COc1ccc([C@H](OC(=O)Nc2ccc(SC)cc2)[C@H](/C=C/C(=O)O)Oc2ccccc2)cc1O. The monoisotopic (exact) mass is 495 g/mol. The van der Waals surface area contributed by atoms with Gasteiger partial charge in [-0.25, -0.2) is 9.59 Å². The summed E-state index contributed by atoms with van der Waals surface area (Å²) in [6.07, 6.45) is 1.20. The van der Waals surface area contributed by atoms with Gasteiger partial charge in [0, 0.05) is 22.2 Å². The summed E-state index contributed by atoms with van der Waals surface area (Å²) in [5.74, 6) is -0.701. The van der Waals surface area contributed by atoms with E-state index in [2.05, 4.69) is 5.32 Å². The molecule has 0 aliphatic carbocycles. The van der Waals surface area contributed by atoms with Crippen LogP contribution < -0.4 is 14.8 Å². The van der Waals surface area contributed by atoms with Crippen LogP contribution in [0.2, 0.25) is 0 Å². The van der Waals surface area contributed by atoms with E-state index in [1.165, 1.54) is 25.3 Å². The summed E-state index contributed by atoms with van der Waals surface area (Å²) in [6.45, 7) is 0. The first-order valence-corrected chi connectivity index (χ1v) is 11.7. The number of ether oxygens (including phenoxy) is 3. The number of rotatable bonds is 10. The predicted molar refractivity (Wildman–Crippen MR) is 133 cm³/mol. The van der Waals surface area contributed by atoms with E-state index in [0.29, 0.717) is 17.0 Å². The van der Waals surface area contributed by atoms with Gasteiger partial charge in [0.15, 0.2) is 23.7 Å². The molecule has 0 saturated carbocycles. The molecule has 1 amide bonds. The summed E-state index contributed by atoms with van der Waals surface area (Å²) >= 11 is 1.57. The van der Waals surface area contributed by atoms with Crippen LogP contribution in [0.25, 0.3) is 0 Å². The van der Waals surface area contributed by atoms with E-state index in [1.54, 1.807) is 60.3 Å². The van der Waals surface area contributed by atoms with Crippen molar-refractivity contribution in [3.63, 3.8) is 0 Å². The van der Waals surface area contributed by atoms with Crippen LogP contribution in [-0.4, -0.2) is 41.7 Å². The van der Waals surface area contributed by atoms with Crippen LogP contribution in [0.4, 0.5) is 10.5 Å². The number of nitrogens with one attached hydrogen (secondary N) is 1. The fourth-order valence-corrected chi connectivity index (χ4v) is 3.59.